The minimum atomic E-state index is -0.382. The van der Waals surface area contributed by atoms with Crippen LogP contribution in [0.3, 0.4) is 0 Å². The maximum Gasteiger partial charge on any atom is 0.282 e. The molecule has 0 radical (unpaired) electrons. The highest BCUT2D eigenvalue weighted by molar-refractivity contribution is 6.45. The highest BCUT2D eigenvalue weighted by atomic mass is 16.5. The molecule has 2 aromatic carbocycles. The van der Waals surface area contributed by atoms with E-state index in [1.54, 1.807) is 18.2 Å². The molecule has 0 aliphatic carbocycles. The van der Waals surface area contributed by atoms with Crippen molar-refractivity contribution >= 4 is 23.1 Å². The molecule has 0 spiro atoms. The standard InChI is InChI=1S/C25H28N2O5/c1-15-6-8-18(9-7-15)22-23(26-13-16(2)32-17(3)14-26)25(29)27(24(22)28)20-12-19(30-4)10-11-21(20)31-5/h6-12,16-17H,13-14H2,1-5H3. The van der Waals surface area contributed by atoms with Crippen LogP contribution >= 0.6 is 0 Å². The Labute approximate surface area is 188 Å². The summed E-state index contributed by atoms with van der Waals surface area (Å²) in [6.07, 6.45) is -0.123. The molecule has 7 nitrogen and oxygen atoms in total. The van der Waals surface area contributed by atoms with E-state index < -0.39 is 0 Å². The van der Waals surface area contributed by atoms with Crippen molar-refractivity contribution in [3.05, 3.63) is 59.3 Å². The van der Waals surface area contributed by atoms with E-state index in [-0.39, 0.29) is 24.0 Å². The minimum Gasteiger partial charge on any atom is -0.497 e. The van der Waals surface area contributed by atoms with Crippen molar-refractivity contribution in [2.45, 2.75) is 33.0 Å². The number of rotatable bonds is 5. The maximum atomic E-state index is 13.8. The second-order valence-corrected chi connectivity index (χ2v) is 8.24. The number of carbonyl (C=O) groups is 2. The summed E-state index contributed by atoms with van der Waals surface area (Å²) in [5.74, 6) is 0.187. The fourth-order valence-electron chi connectivity index (χ4n) is 4.34. The average molecular weight is 437 g/mol. The number of hydrogen-bond donors (Lipinski definition) is 0. The fourth-order valence-corrected chi connectivity index (χ4v) is 4.34. The van der Waals surface area contributed by atoms with Gasteiger partial charge in [-0.2, -0.15) is 0 Å². The van der Waals surface area contributed by atoms with Crippen molar-refractivity contribution in [2.24, 2.45) is 0 Å². The zero-order valence-corrected chi connectivity index (χ0v) is 19.0. The molecule has 2 amide bonds. The number of carbonyl (C=O) groups excluding carboxylic acids is 2. The van der Waals surface area contributed by atoms with Crippen LogP contribution in [0.15, 0.2) is 48.2 Å². The molecule has 32 heavy (non-hydrogen) atoms. The van der Waals surface area contributed by atoms with E-state index in [9.17, 15) is 9.59 Å². The Hall–Kier alpha value is -3.32. The molecule has 0 aromatic heterocycles. The smallest absolute Gasteiger partial charge is 0.282 e. The van der Waals surface area contributed by atoms with Crippen LogP contribution in [0, 0.1) is 6.92 Å². The molecule has 7 heteroatoms. The average Bonchev–Trinajstić information content (AvgIpc) is 3.03. The molecule has 1 fully saturated rings. The molecule has 2 aliphatic heterocycles. The molecule has 2 heterocycles. The van der Waals surface area contributed by atoms with Crippen LogP contribution in [-0.2, 0) is 14.3 Å². The van der Waals surface area contributed by atoms with E-state index >= 15 is 0 Å². The van der Waals surface area contributed by atoms with Crippen molar-refractivity contribution < 1.29 is 23.8 Å². The Balaban J connectivity index is 1.86. The van der Waals surface area contributed by atoms with Crippen LogP contribution < -0.4 is 14.4 Å². The fraction of sp³-hybridized carbons (Fsp3) is 0.360. The van der Waals surface area contributed by atoms with Crippen molar-refractivity contribution in [2.75, 3.05) is 32.2 Å². The quantitative estimate of drug-likeness (QED) is 0.670. The normalized spacial score (nSPS) is 21.4. The number of methoxy groups -OCH3 is 2. The first-order valence-corrected chi connectivity index (χ1v) is 10.7. The molecule has 2 atom stereocenters. The topological polar surface area (TPSA) is 68.3 Å². The van der Waals surface area contributed by atoms with Gasteiger partial charge in [0.25, 0.3) is 11.8 Å². The molecule has 2 aromatic rings. The molecular formula is C25H28N2O5. The van der Waals surface area contributed by atoms with Gasteiger partial charge in [-0.3, -0.25) is 9.59 Å². The van der Waals surface area contributed by atoms with Crippen molar-refractivity contribution in [1.82, 2.24) is 4.90 Å². The van der Waals surface area contributed by atoms with Gasteiger partial charge >= 0.3 is 0 Å². The lowest BCUT2D eigenvalue weighted by Gasteiger charge is -2.37. The highest BCUT2D eigenvalue weighted by Crippen LogP contribution is 2.40. The maximum absolute atomic E-state index is 13.8. The highest BCUT2D eigenvalue weighted by Gasteiger charge is 2.44. The molecular weight excluding hydrogens is 408 g/mol. The van der Waals surface area contributed by atoms with Crippen LogP contribution in [0.25, 0.3) is 5.57 Å². The summed E-state index contributed by atoms with van der Waals surface area (Å²) >= 11 is 0. The van der Waals surface area contributed by atoms with Crippen LogP contribution in [0.2, 0.25) is 0 Å². The predicted molar refractivity (Wildman–Crippen MR) is 122 cm³/mol. The zero-order valence-electron chi connectivity index (χ0n) is 19.0. The molecule has 2 aliphatic rings. The second-order valence-electron chi connectivity index (χ2n) is 8.24. The van der Waals surface area contributed by atoms with E-state index in [0.29, 0.717) is 47.1 Å². The van der Waals surface area contributed by atoms with Gasteiger partial charge in [0.15, 0.2) is 0 Å². The van der Waals surface area contributed by atoms with Crippen LogP contribution in [-0.4, -0.2) is 56.2 Å². The largest absolute Gasteiger partial charge is 0.497 e. The molecule has 1 saturated heterocycles. The number of aryl methyl sites for hydroxylation is 1. The Morgan fingerprint density at radius 2 is 1.56 bits per heavy atom. The number of ether oxygens (including phenoxy) is 3. The third-order valence-corrected chi connectivity index (χ3v) is 5.76. The number of amides is 2. The van der Waals surface area contributed by atoms with E-state index in [1.165, 1.54) is 19.1 Å². The van der Waals surface area contributed by atoms with Gasteiger partial charge in [0.05, 0.1) is 37.7 Å². The van der Waals surface area contributed by atoms with Gasteiger partial charge in [-0.1, -0.05) is 29.8 Å². The predicted octanol–water partition coefficient (Wildman–Crippen LogP) is 3.41. The third kappa shape index (κ3) is 3.84. The van der Waals surface area contributed by atoms with E-state index in [0.717, 1.165) is 5.56 Å². The second kappa shape index (κ2) is 8.67. The summed E-state index contributed by atoms with van der Waals surface area (Å²) in [5.41, 5.74) is 2.93. The molecule has 0 bridgehead atoms. The SMILES string of the molecule is COc1ccc(OC)c(N2C(=O)C(c3ccc(C)cc3)=C(N3CC(C)OC(C)C3)C2=O)c1. The minimum absolute atomic E-state index is 0.0613. The van der Waals surface area contributed by atoms with Gasteiger partial charge in [0.2, 0.25) is 0 Å². The molecule has 2 unspecified atom stereocenters. The number of anilines is 1. The summed E-state index contributed by atoms with van der Waals surface area (Å²) < 4.78 is 16.7. The zero-order chi connectivity index (χ0) is 23.0. The van der Waals surface area contributed by atoms with E-state index in [2.05, 4.69) is 0 Å². The number of hydrogen-bond acceptors (Lipinski definition) is 6. The van der Waals surface area contributed by atoms with Crippen molar-refractivity contribution in [1.29, 1.82) is 0 Å². The lowest BCUT2D eigenvalue weighted by atomic mass is 10.0. The van der Waals surface area contributed by atoms with Crippen molar-refractivity contribution in [3.8, 4) is 11.5 Å². The Kier molecular flexibility index (Phi) is 5.93. The Bertz CT molecular complexity index is 1070. The molecule has 4 rings (SSSR count). The number of morpholine rings is 1. The first kappa shape index (κ1) is 21.9. The Morgan fingerprint density at radius 3 is 2.16 bits per heavy atom. The first-order chi connectivity index (χ1) is 15.3. The van der Waals surface area contributed by atoms with Gasteiger partial charge in [0, 0.05) is 19.2 Å². The van der Waals surface area contributed by atoms with E-state index in [1.807, 2.05) is 49.9 Å². The summed E-state index contributed by atoms with van der Waals surface area (Å²) in [5, 5.41) is 0. The number of imide groups is 1. The summed E-state index contributed by atoms with van der Waals surface area (Å²) in [6.45, 7) is 6.98. The van der Waals surface area contributed by atoms with Gasteiger partial charge < -0.3 is 19.1 Å². The monoisotopic (exact) mass is 436 g/mol. The van der Waals surface area contributed by atoms with E-state index in [4.69, 9.17) is 14.2 Å². The molecule has 168 valence electrons. The van der Waals surface area contributed by atoms with Crippen molar-refractivity contribution in [3.63, 3.8) is 0 Å². The van der Waals surface area contributed by atoms with Gasteiger partial charge in [-0.05, 0) is 38.5 Å². The first-order valence-electron chi connectivity index (χ1n) is 10.7. The Morgan fingerprint density at radius 1 is 0.906 bits per heavy atom. The summed E-state index contributed by atoms with van der Waals surface area (Å²) in [6, 6.07) is 12.7. The summed E-state index contributed by atoms with van der Waals surface area (Å²) in [4.78, 5) is 30.8. The third-order valence-electron chi connectivity index (χ3n) is 5.76. The number of nitrogens with zero attached hydrogens (tertiary/aromatic N) is 2. The lowest BCUT2D eigenvalue weighted by Crippen LogP contribution is -2.47. The van der Waals surface area contributed by atoms with Gasteiger partial charge in [0.1, 0.15) is 17.2 Å². The van der Waals surface area contributed by atoms with Crippen LogP contribution in [0.1, 0.15) is 25.0 Å². The lowest BCUT2D eigenvalue weighted by molar-refractivity contribution is -0.121. The summed E-state index contributed by atoms with van der Waals surface area (Å²) in [7, 11) is 3.05. The van der Waals surface area contributed by atoms with Gasteiger partial charge in [-0.15, -0.1) is 0 Å². The molecule has 0 saturated carbocycles. The van der Waals surface area contributed by atoms with Crippen LogP contribution in [0.5, 0.6) is 11.5 Å². The molecule has 0 N–H and O–H groups in total. The van der Waals surface area contributed by atoms with Gasteiger partial charge in [-0.25, -0.2) is 4.90 Å². The van der Waals surface area contributed by atoms with Crippen LogP contribution in [0.4, 0.5) is 5.69 Å². The number of benzene rings is 2.